The SMILES string of the molecule is COP(=O)(CC(=O)C1CCC(C)(C)CC1)OC. The van der Waals surface area contributed by atoms with Crippen molar-refractivity contribution in [3.8, 4) is 0 Å². The minimum absolute atomic E-state index is 0.0209. The Morgan fingerprint density at radius 1 is 1.24 bits per heavy atom. The van der Waals surface area contributed by atoms with Crippen LogP contribution in [0, 0.1) is 11.3 Å². The van der Waals surface area contributed by atoms with E-state index in [1.165, 1.54) is 14.2 Å². The van der Waals surface area contributed by atoms with E-state index in [0.717, 1.165) is 25.7 Å². The Morgan fingerprint density at radius 2 is 1.71 bits per heavy atom. The van der Waals surface area contributed by atoms with Gasteiger partial charge in [-0.2, -0.15) is 0 Å². The summed E-state index contributed by atoms with van der Waals surface area (Å²) in [6.45, 7) is 4.45. The maximum atomic E-state index is 12.0. The van der Waals surface area contributed by atoms with Gasteiger partial charge in [0.1, 0.15) is 11.9 Å². The van der Waals surface area contributed by atoms with Gasteiger partial charge in [-0.25, -0.2) is 0 Å². The number of Topliss-reactive ketones (excluding diaryl/α,β-unsaturated/α-hetero) is 1. The van der Waals surface area contributed by atoms with Crippen LogP contribution in [-0.4, -0.2) is 26.2 Å². The topological polar surface area (TPSA) is 52.6 Å². The highest BCUT2D eigenvalue weighted by Crippen LogP contribution is 2.48. The largest absolute Gasteiger partial charge is 0.337 e. The molecule has 1 aliphatic rings. The quantitative estimate of drug-likeness (QED) is 0.713. The lowest BCUT2D eigenvalue weighted by molar-refractivity contribution is -0.122. The average Bonchev–Trinajstić information content (AvgIpc) is 2.28. The molecule has 5 heteroatoms. The molecular formula is C12H23O4P. The second-order valence-electron chi connectivity index (χ2n) is 5.54. The number of rotatable bonds is 5. The summed E-state index contributed by atoms with van der Waals surface area (Å²) in [7, 11) is -0.544. The van der Waals surface area contributed by atoms with Crippen molar-refractivity contribution in [2.45, 2.75) is 39.5 Å². The Morgan fingerprint density at radius 3 is 2.12 bits per heavy atom. The van der Waals surface area contributed by atoms with Gasteiger partial charge in [-0.3, -0.25) is 9.36 Å². The molecule has 0 unspecified atom stereocenters. The molecule has 0 aliphatic heterocycles. The van der Waals surface area contributed by atoms with Crippen LogP contribution in [0.1, 0.15) is 39.5 Å². The number of carbonyl (C=O) groups is 1. The van der Waals surface area contributed by atoms with Crippen molar-refractivity contribution < 1.29 is 18.4 Å². The fourth-order valence-corrected chi connectivity index (χ4v) is 3.29. The maximum Gasteiger partial charge on any atom is 0.337 e. The minimum Gasteiger partial charge on any atom is -0.312 e. The van der Waals surface area contributed by atoms with E-state index >= 15 is 0 Å². The number of hydrogen-bond acceptors (Lipinski definition) is 4. The molecule has 0 saturated heterocycles. The van der Waals surface area contributed by atoms with E-state index in [9.17, 15) is 9.36 Å². The predicted molar refractivity (Wildman–Crippen MR) is 67.2 cm³/mol. The van der Waals surface area contributed by atoms with Gasteiger partial charge in [0.25, 0.3) is 0 Å². The molecule has 0 amide bonds. The first-order valence-corrected chi connectivity index (χ1v) is 7.78. The molecule has 0 aromatic carbocycles. The summed E-state index contributed by atoms with van der Waals surface area (Å²) in [6, 6.07) is 0. The standard InChI is InChI=1S/C12H23O4P/c1-12(2)7-5-10(6-8-12)11(13)9-17(14,15-3)16-4/h10H,5-9H2,1-4H3. The van der Waals surface area contributed by atoms with Gasteiger partial charge in [0, 0.05) is 20.1 Å². The van der Waals surface area contributed by atoms with Crippen molar-refractivity contribution in [2.75, 3.05) is 20.4 Å². The van der Waals surface area contributed by atoms with Gasteiger partial charge in [-0.1, -0.05) is 13.8 Å². The molecule has 4 nitrogen and oxygen atoms in total. The highest BCUT2D eigenvalue weighted by Gasteiger charge is 2.34. The first-order valence-electron chi connectivity index (χ1n) is 6.05. The van der Waals surface area contributed by atoms with Crippen LogP contribution >= 0.6 is 7.60 Å². The predicted octanol–water partition coefficient (Wildman–Crippen LogP) is 3.26. The molecular weight excluding hydrogens is 239 g/mol. The minimum atomic E-state index is -3.19. The van der Waals surface area contributed by atoms with E-state index in [-0.39, 0.29) is 17.9 Å². The van der Waals surface area contributed by atoms with Crippen LogP contribution in [0.4, 0.5) is 0 Å². The van der Waals surface area contributed by atoms with E-state index in [1.54, 1.807) is 0 Å². The molecule has 0 bridgehead atoms. The molecule has 0 aromatic rings. The van der Waals surface area contributed by atoms with E-state index in [1.807, 2.05) is 0 Å². The molecule has 0 aromatic heterocycles. The summed E-state index contributed by atoms with van der Waals surface area (Å²) in [5.41, 5.74) is 0.336. The van der Waals surface area contributed by atoms with Crippen molar-refractivity contribution in [1.29, 1.82) is 0 Å². The summed E-state index contributed by atoms with van der Waals surface area (Å²) < 4.78 is 21.5. The fraction of sp³-hybridized carbons (Fsp3) is 0.917. The lowest BCUT2D eigenvalue weighted by atomic mass is 9.72. The van der Waals surface area contributed by atoms with Gasteiger partial charge in [-0.15, -0.1) is 0 Å². The van der Waals surface area contributed by atoms with E-state index in [2.05, 4.69) is 13.8 Å². The first kappa shape index (κ1) is 14.9. The van der Waals surface area contributed by atoms with Crippen LogP contribution in [0.3, 0.4) is 0 Å². The first-order chi connectivity index (χ1) is 7.82. The van der Waals surface area contributed by atoms with E-state index in [4.69, 9.17) is 9.05 Å². The molecule has 1 rings (SSSR count). The van der Waals surface area contributed by atoms with Crippen LogP contribution in [-0.2, 0) is 18.4 Å². The van der Waals surface area contributed by atoms with Crippen molar-refractivity contribution in [1.82, 2.24) is 0 Å². The Hall–Kier alpha value is -0.180. The summed E-state index contributed by atoms with van der Waals surface area (Å²) in [6.07, 6.45) is 3.78. The third-order valence-electron chi connectivity index (χ3n) is 3.70. The van der Waals surface area contributed by atoms with Gasteiger partial charge in [0.15, 0.2) is 0 Å². The lowest BCUT2D eigenvalue weighted by Crippen LogP contribution is -2.28. The number of ketones is 1. The Labute approximate surface area is 104 Å². The van der Waals surface area contributed by atoms with Crippen LogP contribution in [0.25, 0.3) is 0 Å². The number of hydrogen-bond donors (Lipinski definition) is 0. The second kappa shape index (κ2) is 5.64. The van der Waals surface area contributed by atoms with Gasteiger partial charge >= 0.3 is 7.60 Å². The molecule has 17 heavy (non-hydrogen) atoms. The van der Waals surface area contributed by atoms with Crippen LogP contribution in [0.2, 0.25) is 0 Å². The molecule has 1 saturated carbocycles. The third-order valence-corrected chi connectivity index (χ3v) is 5.51. The number of carbonyl (C=O) groups excluding carboxylic acids is 1. The van der Waals surface area contributed by atoms with Crippen molar-refractivity contribution in [3.05, 3.63) is 0 Å². The van der Waals surface area contributed by atoms with Gasteiger partial charge < -0.3 is 9.05 Å². The summed E-state index contributed by atoms with van der Waals surface area (Å²) in [5.74, 6) is 0.0502. The normalized spacial score (nSPS) is 21.4. The van der Waals surface area contributed by atoms with E-state index < -0.39 is 7.60 Å². The maximum absolute atomic E-state index is 12.0. The van der Waals surface area contributed by atoms with Gasteiger partial charge in [0.2, 0.25) is 0 Å². The Kier molecular flexibility index (Phi) is 4.94. The van der Waals surface area contributed by atoms with Gasteiger partial charge in [0.05, 0.1) is 0 Å². The zero-order chi connectivity index (χ0) is 13.1. The molecule has 0 heterocycles. The summed E-state index contributed by atoms with van der Waals surface area (Å²) >= 11 is 0. The highest BCUT2D eigenvalue weighted by atomic mass is 31.2. The zero-order valence-corrected chi connectivity index (χ0v) is 12.1. The highest BCUT2D eigenvalue weighted by molar-refractivity contribution is 7.54. The fourth-order valence-electron chi connectivity index (χ4n) is 2.24. The molecule has 1 aliphatic carbocycles. The van der Waals surface area contributed by atoms with Gasteiger partial charge in [-0.05, 0) is 31.1 Å². The van der Waals surface area contributed by atoms with Crippen molar-refractivity contribution in [3.63, 3.8) is 0 Å². The second-order valence-corrected chi connectivity index (χ2v) is 7.81. The Balaban J connectivity index is 2.53. The third kappa shape index (κ3) is 4.20. The molecule has 1 fully saturated rings. The molecule has 0 atom stereocenters. The lowest BCUT2D eigenvalue weighted by Gasteiger charge is -2.33. The molecule has 0 N–H and O–H groups in total. The molecule has 100 valence electrons. The molecule has 0 spiro atoms. The van der Waals surface area contributed by atoms with E-state index in [0.29, 0.717) is 5.41 Å². The Bertz CT molecular complexity index is 306. The van der Waals surface area contributed by atoms with Crippen LogP contribution in [0.15, 0.2) is 0 Å². The monoisotopic (exact) mass is 262 g/mol. The summed E-state index contributed by atoms with van der Waals surface area (Å²) in [5, 5.41) is 0. The zero-order valence-electron chi connectivity index (χ0n) is 11.2. The smallest absolute Gasteiger partial charge is 0.312 e. The average molecular weight is 262 g/mol. The van der Waals surface area contributed by atoms with Crippen molar-refractivity contribution in [2.24, 2.45) is 11.3 Å². The van der Waals surface area contributed by atoms with Crippen LogP contribution in [0.5, 0.6) is 0 Å². The molecule has 0 radical (unpaired) electrons. The summed E-state index contributed by atoms with van der Waals surface area (Å²) in [4.78, 5) is 12.0. The van der Waals surface area contributed by atoms with Crippen LogP contribution < -0.4 is 0 Å². The van der Waals surface area contributed by atoms with Crippen molar-refractivity contribution >= 4 is 13.4 Å².